The molecule has 0 atom stereocenters. The summed E-state index contributed by atoms with van der Waals surface area (Å²) in [6, 6.07) is 12.8. The van der Waals surface area contributed by atoms with E-state index in [0.29, 0.717) is 37.8 Å². The maximum Gasteiger partial charge on any atom is 0.254 e. The fraction of sp³-hybridized carbons (Fsp3) is 0.543. The SMILES string of the molecule is CC(=O)N1CCC(C(=O)N2CCC(N3CCN(C(=O)c4cc(-c5ccc6[nH]ccc6c5)nc(N5CCCC5)c4)CC3)CC2)CC1. The fourth-order valence-electron chi connectivity index (χ4n) is 7.73. The zero-order valence-electron chi connectivity index (χ0n) is 26.4. The lowest BCUT2D eigenvalue weighted by Gasteiger charge is -2.43. The number of fused-ring (bicyclic) bond motifs is 1. The van der Waals surface area contributed by atoms with Crippen LogP contribution in [0.5, 0.6) is 0 Å². The molecule has 10 heteroatoms. The molecule has 0 unspecified atom stereocenters. The summed E-state index contributed by atoms with van der Waals surface area (Å²) < 4.78 is 0. The summed E-state index contributed by atoms with van der Waals surface area (Å²) in [7, 11) is 0. The van der Waals surface area contributed by atoms with Crippen molar-refractivity contribution in [2.45, 2.75) is 51.5 Å². The summed E-state index contributed by atoms with van der Waals surface area (Å²) in [6.07, 6.45) is 7.75. The number of aromatic amines is 1. The third-order valence-electron chi connectivity index (χ3n) is 10.5. The van der Waals surface area contributed by atoms with Crippen LogP contribution >= 0.6 is 0 Å². The van der Waals surface area contributed by atoms with Crippen LogP contribution in [0.15, 0.2) is 42.6 Å². The number of H-pyrrole nitrogens is 1. The maximum atomic E-state index is 13.9. The molecule has 0 spiro atoms. The number of likely N-dealkylation sites (tertiary alicyclic amines) is 2. The van der Waals surface area contributed by atoms with E-state index in [1.165, 1.54) is 0 Å². The lowest BCUT2D eigenvalue weighted by Crippen LogP contribution is -2.55. The van der Waals surface area contributed by atoms with Gasteiger partial charge in [-0.25, -0.2) is 4.98 Å². The van der Waals surface area contributed by atoms with Crippen LogP contribution in [-0.4, -0.2) is 119 Å². The van der Waals surface area contributed by atoms with E-state index < -0.39 is 0 Å². The highest BCUT2D eigenvalue weighted by Gasteiger charge is 2.34. The Hall–Kier alpha value is -3.92. The molecule has 0 saturated carbocycles. The summed E-state index contributed by atoms with van der Waals surface area (Å²) in [5.74, 6) is 1.39. The monoisotopic (exact) mass is 611 g/mol. The van der Waals surface area contributed by atoms with Crippen molar-refractivity contribution in [3.63, 3.8) is 0 Å². The average Bonchev–Trinajstić information content (AvgIpc) is 3.80. The Morgan fingerprint density at radius 3 is 2.18 bits per heavy atom. The number of benzene rings is 1. The minimum atomic E-state index is 0.0444. The van der Waals surface area contributed by atoms with E-state index in [1.807, 2.05) is 28.1 Å². The molecule has 4 fully saturated rings. The first kappa shape index (κ1) is 29.8. The van der Waals surface area contributed by atoms with Gasteiger partial charge in [0.1, 0.15) is 5.82 Å². The van der Waals surface area contributed by atoms with Crippen LogP contribution in [0, 0.1) is 5.92 Å². The van der Waals surface area contributed by atoms with Crippen LogP contribution in [0.2, 0.25) is 0 Å². The predicted octanol–water partition coefficient (Wildman–Crippen LogP) is 3.84. The highest BCUT2D eigenvalue weighted by Crippen LogP contribution is 2.29. The van der Waals surface area contributed by atoms with Gasteiger partial charge in [-0.2, -0.15) is 0 Å². The molecule has 7 rings (SSSR count). The van der Waals surface area contributed by atoms with Gasteiger partial charge in [-0.1, -0.05) is 6.07 Å². The van der Waals surface area contributed by atoms with Crippen molar-refractivity contribution in [1.29, 1.82) is 0 Å². The summed E-state index contributed by atoms with van der Waals surface area (Å²) in [5, 5.41) is 1.13. The normalized spacial score (nSPS) is 20.7. The predicted molar refractivity (Wildman–Crippen MR) is 175 cm³/mol. The zero-order chi connectivity index (χ0) is 30.9. The number of hydrogen-bond acceptors (Lipinski definition) is 6. The van der Waals surface area contributed by atoms with Crippen molar-refractivity contribution in [3.05, 3.63) is 48.2 Å². The number of pyridine rings is 1. The van der Waals surface area contributed by atoms with Crippen molar-refractivity contribution in [2.75, 3.05) is 70.3 Å². The number of hydrogen-bond donors (Lipinski definition) is 1. The molecule has 3 amide bonds. The summed E-state index contributed by atoms with van der Waals surface area (Å²) >= 11 is 0. The number of rotatable bonds is 5. The molecule has 4 aliphatic rings. The van der Waals surface area contributed by atoms with Gasteiger partial charge in [-0.15, -0.1) is 0 Å². The van der Waals surface area contributed by atoms with E-state index in [1.54, 1.807) is 6.92 Å². The van der Waals surface area contributed by atoms with Crippen molar-refractivity contribution in [1.82, 2.24) is 29.6 Å². The molecule has 10 nitrogen and oxygen atoms in total. The topological polar surface area (TPSA) is 96.1 Å². The second kappa shape index (κ2) is 12.8. The van der Waals surface area contributed by atoms with E-state index in [9.17, 15) is 14.4 Å². The lowest BCUT2D eigenvalue weighted by atomic mass is 9.93. The van der Waals surface area contributed by atoms with Crippen molar-refractivity contribution < 1.29 is 14.4 Å². The van der Waals surface area contributed by atoms with Gasteiger partial charge < -0.3 is 24.6 Å². The summed E-state index contributed by atoms with van der Waals surface area (Å²) in [4.78, 5) is 57.8. The van der Waals surface area contributed by atoms with Gasteiger partial charge in [0, 0.05) is 113 Å². The number of aromatic nitrogens is 2. The Kier molecular flexibility index (Phi) is 8.49. The van der Waals surface area contributed by atoms with E-state index >= 15 is 0 Å². The molecule has 3 aromatic rings. The first-order valence-corrected chi connectivity index (χ1v) is 16.8. The van der Waals surface area contributed by atoms with Gasteiger partial charge in [0.2, 0.25) is 11.8 Å². The molecule has 45 heavy (non-hydrogen) atoms. The highest BCUT2D eigenvalue weighted by atomic mass is 16.2. The number of piperidine rings is 2. The van der Waals surface area contributed by atoms with Crippen LogP contribution in [0.4, 0.5) is 5.82 Å². The maximum absolute atomic E-state index is 13.9. The molecule has 1 N–H and O–H groups in total. The number of carbonyl (C=O) groups excluding carboxylic acids is 3. The van der Waals surface area contributed by atoms with Gasteiger partial charge in [-0.3, -0.25) is 19.3 Å². The van der Waals surface area contributed by atoms with Crippen molar-refractivity contribution in [3.8, 4) is 11.3 Å². The zero-order valence-corrected chi connectivity index (χ0v) is 26.4. The molecule has 4 aliphatic heterocycles. The van der Waals surface area contributed by atoms with Crippen molar-refractivity contribution >= 4 is 34.4 Å². The number of piperazine rings is 1. The van der Waals surface area contributed by atoms with E-state index in [4.69, 9.17) is 4.98 Å². The molecule has 2 aromatic heterocycles. The minimum absolute atomic E-state index is 0.0444. The molecule has 1 aromatic carbocycles. The molecular formula is C35H45N7O3. The Morgan fingerprint density at radius 1 is 0.756 bits per heavy atom. The first-order chi connectivity index (χ1) is 21.9. The Bertz CT molecular complexity index is 1540. The van der Waals surface area contributed by atoms with Crippen LogP contribution < -0.4 is 4.90 Å². The van der Waals surface area contributed by atoms with Crippen LogP contribution in [0.25, 0.3) is 22.2 Å². The molecule has 0 aliphatic carbocycles. The third kappa shape index (κ3) is 6.30. The summed E-state index contributed by atoms with van der Waals surface area (Å²) in [6.45, 7) is 9.65. The first-order valence-electron chi connectivity index (χ1n) is 16.8. The standard InChI is InChI=1S/C35H45N7O3/c1-25(43)38-14-7-26(8-15-38)34(44)41-16-9-30(10-17-41)39-18-20-42(21-19-39)35(45)29-23-32(37-33(24-29)40-12-2-3-13-40)27-4-5-31-28(22-27)6-11-36-31/h4-6,11,22-24,26,30,36H,2-3,7-10,12-21H2,1H3. The number of nitrogens with zero attached hydrogens (tertiary/aromatic N) is 6. The van der Waals surface area contributed by atoms with Crippen molar-refractivity contribution in [2.24, 2.45) is 5.92 Å². The Balaban J connectivity index is 0.966. The van der Waals surface area contributed by atoms with Crippen LogP contribution in [-0.2, 0) is 9.59 Å². The largest absolute Gasteiger partial charge is 0.361 e. The molecule has 6 heterocycles. The van der Waals surface area contributed by atoms with E-state index in [-0.39, 0.29) is 23.6 Å². The highest BCUT2D eigenvalue weighted by molar-refractivity contribution is 5.96. The number of amides is 3. The summed E-state index contributed by atoms with van der Waals surface area (Å²) in [5.41, 5.74) is 3.67. The van der Waals surface area contributed by atoms with Crippen LogP contribution in [0.3, 0.4) is 0 Å². The number of carbonyl (C=O) groups is 3. The smallest absolute Gasteiger partial charge is 0.254 e. The van der Waals surface area contributed by atoms with Gasteiger partial charge in [-0.05, 0) is 68.9 Å². The second-order valence-corrected chi connectivity index (χ2v) is 13.2. The molecule has 238 valence electrons. The fourth-order valence-corrected chi connectivity index (χ4v) is 7.73. The number of nitrogens with one attached hydrogen (secondary N) is 1. The van der Waals surface area contributed by atoms with E-state index in [2.05, 4.69) is 43.9 Å². The molecule has 0 bridgehead atoms. The number of anilines is 1. The average molecular weight is 612 g/mol. The van der Waals surface area contributed by atoms with Gasteiger partial charge >= 0.3 is 0 Å². The molecule has 4 saturated heterocycles. The Labute approximate surface area is 265 Å². The van der Waals surface area contributed by atoms with Gasteiger partial charge in [0.15, 0.2) is 0 Å². The van der Waals surface area contributed by atoms with Gasteiger partial charge in [0.05, 0.1) is 5.69 Å². The minimum Gasteiger partial charge on any atom is -0.361 e. The molecular weight excluding hydrogens is 566 g/mol. The third-order valence-corrected chi connectivity index (χ3v) is 10.5. The molecule has 0 radical (unpaired) electrons. The Morgan fingerprint density at radius 2 is 1.47 bits per heavy atom. The van der Waals surface area contributed by atoms with Crippen LogP contribution in [0.1, 0.15) is 55.8 Å². The van der Waals surface area contributed by atoms with Gasteiger partial charge in [0.25, 0.3) is 5.91 Å². The second-order valence-electron chi connectivity index (χ2n) is 13.2. The quantitative estimate of drug-likeness (QED) is 0.471. The van der Waals surface area contributed by atoms with E-state index in [0.717, 1.165) is 106 Å². The lowest BCUT2D eigenvalue weighted by molar-refractivity contribution is -0.141.